The van der Waals surface area contributed by atoms with Crippen molar-refractivity contribution in [1.82, 2.24) is 9.80 Å². The molecule has 0 radical (unpaired) electrons. The molecule has 3 atom stereocenters. The molecule has 3 aromatic rings. The third-order valence-corrected chi connectivity index (χ3v) is 7.20. The fraction of sp³-hybridized carbons (Fsp3) is 0.258. The number of benzene rings is 3. The number of hydrogen-bond acceptors (Lipinski definition) is 5. The van der Waals surface area contributed by atoms with Crippen molar-refractivity contribution in [3.8, 4) is 11.5 Å². The Balaban J connectivity index is 0.000000426. The number of urea groups is 1. The van der Waals surface area contributed by atoms with E-state index < -0.39 is 11.9 Å². The van der Waals surface area contributed by atoms with Crippen molar-refractivity contribution in [1.29, 1.82) is 0 Å². The standard InChI is InChI=1S/C27H28FN3O2.C4H4O4/c1-18-5-3-4-6-26(18)19(2)30-16-23-15-22(30)17-31(23)27(32)29-21-9-13-25(14-10-21)33-24-11-7-20(28)8-12-24;5-3(6)1-2-4(7)8/h3-14,19,22-23H,15-17H2,1-2H3,(H,29,32);1-2H,(H,5,6)(H,7,8)/b;2-1+. The van der Waals surface area contributed by atoms with Crippen LogP contribution in [0.1, 0.15) is 30.5 Å². The number of piperazine rings is 1. The molecule has 5 rings (SSSR count). The Hall–Kier alpha value is -4.70. The molecule has 0 spiro atoms. The lowest BCUT2D eigenvalue weighted by molar-refractivity contribution is -0.134. The van der Waals surface area contributed by atoms with Crippen molar-refractivity contribution in [3.05, 3.63) is 102 Å². The van der Waals surface area contributed by atoms with Crippen LogP contribution in [0, 0.1) is 12.7 Å². The van der Waals surface area contributed by atoms with Crippen molar-refractivity contribution >= 4 is 23.7 Å². The largest absolute Gasteiger partial charge is 0.478 e. The average molecular weight is 562 g/mol. The molecule has 2 aliphatic rings. The summed E-state index contributed by atoms with van der Waals surface area (Å²) in [6, 6.07) is 22.6. The summed E-state index contributed by atoms with van der Waals surface area (Å²) >= 11 is 0. The van der Waals surface area contributed by atoms with Crippen molar-refractivity contribution in [2.75, 3.05) is 18.4 Å². The number of halogens is 1. The molecule has 3 unspecified atom stereocenters. The number of nitrogens with zero attached hydrogens (tertiary/aromatic N) is 2. The summed E-state index contributed by atoms with van der Waals surface area (Å²) in [4.78, 5) is 36.6. The number of aliphatic carboxylic acids is 2. The number of likely N-dealkylation sites (tertiary alicyclic amines) is 2. The Bertz CT molecular complexity index is 1390. The number of hydrogen-bond donors (Lipinski definition) is 3. The molecule has 2 aliphatic heterocycles. The molecule has 0 aromatic heterocycles. The van der Waals surface area contributed by atoms with Crippen molar-refractivity contribution < 1.29 is 33.7 Å². The van der Waals surface area contributed by atoms with Gasteiger partial charge in [-0.25, -0.2) is 18.8 Å². The zero-order valence-electron chi connectivity index (χ0n) is 22.7. The molecule has 2 saturated heterocycles. The number of carboxylic acid groups (broad SMARTS) is 2. The average Bonchev–Trinajstić information content (AvgIpc) is 3.56. The first-order valence-corrected chi connectivity index (χ1v) is 13.2. The molecule has 214 valence electrons. The number of fused-ring (bicyclic) bond motifs is 2. The van der Waals surface area contributed by atoms with Gasteiger partial charge in [-0.05, 0) is 79.9 Å². The molecule has 0 aliphatic carbocycles. The Morgan fingerprint density at radius 3 is 2.02 bits per heavy atom. The van der Waals surface area contributed by atoms with E-state index in [0.29, 0.717) is 35.7 Å². The predicted octanol–water partition coefficient (Wildman–Crippen LogP) is 5.69. The van der Waals surface area contributed by atoms with E-state index >= 15 is 0 Å². The van der Waals surface area contributed by atoms with E-state index in [9.17, 15) is 18.8 Å². The molecule has 9 nitrogen and oxygen atoms in total. The zero-order chi connectivity index (χ0) is 29.5. The van der Waals surface area contributed by atoms with Gasteiger partial charge < -0.3 is 25.2 Å². The van der Waals surface area contributed by atoms with Gasteiger partial charge >= 0.3 is 18.0 Å². The summed E-state index contributed by atoms with van der Waals surface area (Å²) in [6.45, 7) is 6.08. The molecule has 2 amide bonds. The lowest BCUT2D eigenvalue weighted by Crippen LogP contribution is -2.50. The normalized spacial score (nSPS) is 18.5. The number of carbonyl (C=O) groups excluding carboxylic acids is 1. The number of nitrogens with one attached hydrogen (secondary N) is 1. The molecule has 3 N–H and O–H groups in total. The van der Waals surface area contributed by atoms with Gasteiger partial charge in [0.05, 0.1) is 0 Å². The quantitative estimate of drug-likeness (QED) is 0.317. The van der Waals surface area contributed by atoms with Gasteiger partial charge in [0.2, 0.25) is 0 Å². The van der Waals surface area contributed by atoms with Gasteiger partial charge in [0.25, 0.3) is 0 Å². The SMILES string of the molecule is Cc1ccccc1C(C)N1CC2CC1CN2C(=O)Nc1ccc(Oc2ccc(F)cc2)cc1.O=C(O)/C=C/C(=O)O. The summed E-state index contributed by atoms with van der Waals surface area (Å²) in [5.74, 6) is -1.63. The van der Waals surface area contributed by atoms with Crippen LogP contribution in [0.25, 0.3) is 0 Å². The predicted molar refractivity (Wildman–Crippen MR) is 152 cm³/mol. The molecule has 0 saturated carbocycles. The Morgan fingerprint density at radius 2 is 1.49 bits per heavy atom. The molecule has 41 heavy (non-hydrogen) atoms. The number of aryl methyl sites for hydroxylation is 1. The first kappa shape index (κ1) is 29.3. The minimum Gasteiger partial charge on any atom is -0.478 e. The Morgan fingerprint density at radius 1 is 0.902 bits per heavy atom. The van der Waals surface area contributed by atoms with Gasteiger partial charge in [-0.3, -0.25) is 4.90 Å². The van der Waals surface area contributed by atoms with Crippen LogP contribution in [0.4, 0.5) is 14.9 Å². The molecular formula is C31H32FN3O6. The van der Waals surface area contributed by atoms with E-state index in [1.54, 1.807) is 24.3 Å². The van der Waals surface area contributed by atoms with E-state index in [1.807, 2.05) is 17.0 Å². The lowest BCUT2D eigenvalue weighted by atomic mass is 10.0. The second-order valence-electron chi connectivity index (χ2n) is 9.95. The van der Waals surface area contributed by atoms with Crippen molar-refractivity contribution in [3.63, 3.8) is 0 Å². The topological polar surface area (TPSA) is 119 Å². The van der Waals surface area contributed by atoms with Crippen LogP contribution in [-0.4, -0.2) is 63.2 Å². The number of rotatable bonds is 7. The zero-order valence-corrected chi connectivity index (χ0v) is 22.7. The summed E-state index contributed by atoms with van der Waals surface area (Å²) in [6.07, 6.45) is 2.14. The summed E-state index contributed by atoms with van der Waals surface area (Å²) in [5.41, 5.74) is 3.40. The highest BCUT2D eigenvalue weighted by atomic mass is 19.1. The van der Waals surface area contributed by atoms with Crippen molar-refractivity contribution in [2.45, 2.75) is 38.4 Å². The van der Waals surface area contributed by atoms with Crippen LogP contribution >= 0.6 is 0 Å². The van der Waals surface area contributed by atoms with Crippen LogP contribution in [0.3, 0.4) is 0 Å². The summed E-state index contributed by atoms with van der Waals surface area (Å²) < 4.78 is 18.8. The van der Waals surface area contributed by atoms with Crippen molar-refractivity contribution in [2.24, 2.45) is 0 Å². The Labute approximate surface area is 237 Å². The summed E-state index contributed by atoms with van der Waals surface area (Å²) in [5, 5.41) is 18.6. The van der Waals surface area contributed by atoms with Gasteiger partial charge in [-0.15, -0.1) is 0 Å². The maximum Gasteiger partial charge on any atom is 0.328 e. The minimum atomic E-state index is -1.26. The third-order valence-electron chi connectivity index (χ3n) is 7.20. The maximum atomic E-state index is 13.0. The fourth-order valence-corrected chi connectivity index (χ4v) is 5.24. The molecule has 10 heteroatoms. The Kier molecular flexibility index (Phi) is 9.36. The number of carboxylic acids is 2. The van der Waals surface area contributed by atoms with Gasteiger partial charge in [-0.1, -0.05) is 24.3 Å². The van der Waals surface area contributed by atoms with E-state index in [0.717, 1.165) is 25.2 Å². The molecule has 3 aromatic carbocycles. The summed E-state index contributed by atoms with van der Waals surface area (Å²) in [7, 11) is 0. The number of ether oxygens (including phenoxy) is 1. The highest BCUT2D eigenvalue weighted by Crippen LogP contribution is 2.37. The van der Waals surface area contributed by atoms with E-state index in [1.165, 1.54) is 23.3 Å². The smallest absolute Gasteiger partial charge is 0.328 e. The van der Waals surface area contributed by atoms with Gasteiger partial charge in [-0.2, -0.15) is 0 Å². The number of anilines is 1. The van der Waals surface area contributed by atoms with Gasteiger partial charge in [0, 0.05) is 49.1 Å². The van der Waals surface area contributed by atoms with Crippen LogP contribution in [0.5, 0.6) is 11.5 Å². The van der Waals surface area contributed by atoms with Gasteiger partial charge in [0.1, 0.15) is 17.3 Å². The second-order valence-corrected chi connectivity index (χ2v) is 9.95. The third kappa shape index (κ3) is 7.70. The highest BCUT2D eigenvalue weighted by Gasteiger charge is 2.46. The first-order valence-electron chi connectivity index (χ1n) is 13.2. The molecule has 2 heterocycles. The number of amides is 2. The number of carbonyl (C=O) groups is 3. The monoisotopic (exact) mass is 561 g/mol. The maximum absolute atomic E-state index is 13.0. The fourth-order valence-electron chi connectivity index (χ4n) is 5.24. The lowest BCUT2D eigenvalue weighted by Gasteiger charge is -2.38. The molecular weight excluding hydrogens is 529 g/mol. The van der Waals surface area contributed by atoms with Crippen LogP contribution in [0.2, 0.25) is 0 Å². The second kappa shape index (κ2) is 13.1. The molecule has 2 bridgehead atoms. The van der Waals surface area contributed by atoms with E-state index in [4.69, 9.17) is 14.9 Å². The van der Waals surface area contributed by atoms with Gasteiger partial charge in [0.15, 0.2) is 0 Å². The molecule has 2 fully saturated rings. The highest BCUT2D eigenvalue weighted by molar-refractivity contribution is 5.90. The minimum absolute atomic E-state index is 0.0575. The van der Waals surface area contributed by atoms with Crippen LogP contribution < -0.4 is 10.1 Å². The van der Waals surface area contributed by atoms with Crippen LogP contribution in [0.15, 0.2) is 84.9 Å². The van der Waals surface area contributed by atoms with E-state index in [-0.39, 0.29) is 17.9 Å². The van der Waals surface area contributed by atoms with Crippen LogP contribution in [-0.2, 0) is 9.59 Å². The van der Waals surface area contributed by atoms with E-state index in [2.05, 4.69) is 48.3 Å². The first-order chi connectivity index (χ1) is 19.6.